The van der Waals surface area contributed by atoms with Crippen molar-refractivity contribution in [3.63, 3.8) is 0 Å². The third-order valence-electron chi connectivity index (χ3n) is 3.01. The van der Waals surface area contributed by atoms with Gasteiger partial charge in [-0.3, -0.25) is 0 Å². The lowest BCUT2D eigenvalue weighted by Gasteiger charge is -2.02. The number of halogens is 1. The van der Waals surface area contributed by atoms with E-state index in [1.807, 2.05) is 0 Å². The summed E-state index contributed by atoms with van der Waals surface area (Å²) in [6.45, 7) is 3.39. The molecule has 0 unspecified atom stereocenters. The number of rotatable bonds is 1. The molecule has 0 amide bonds. The Morgan fingerprint density at radius 1 is 1.60 bits per heavy atom. The van der Waals surface area contributed by atoms with Crippen molar-refractivity contribution in [2.75, 3.05) is 11.0 Å². The summed E-state index contributed by atoms with van der Waals surface area (Å²) in [6, 6.07) is 0. The van der Waals surface area contributed by atoms with E-state index in [1.54, 1.807) is 0 Å². The molecule has 0 aromatic rings. The number of hydrogen-bond acceptors (Lipinski definition) is 1. The zero-order valence-corrected chi connectivity index (χ0v) is 8.43. The van der Waals surface area contributed by atoms with Gasteiger partial charge in [0.1, 0.15) is 0 Å². The normalized spacial score (nSPS) is 52.2. The maximum Gasteiger partial charge on any atom is 0.0671 e. The monoisotopic (exact) mass is 252 g/mol. The molecule has 0 N–H and O–H groups in total. The van der Waals surface area contributed by atoms with E-state index in [0.29, 0.717) is 11.5 Å². The first-order valence-electron chi connectivity index (χ1n) is 3.94. The van der Waals surface area contributed by atoms with E-state index in [-0.39, 0.29) is 0 Å². The number of ether oxygens (including phenoxy) is 1. The van der Waals surface area contributed by atoms with Gasteiger partial charge in [-0.05, 0) is 24.2 Å². The van der Waals surface area contributed by atoms with Gasteiger partial charge in [-0.15, -0.1) is 0 Å². The molecular weight excluding hydrogens is 239 g/mol. The molecule has 1 nitrogen and oxygen atoms in total. The van der Waals surface area contributed by atoms with E-state index in [0.717, 1.165) is 12.5 Å². The van der Waals surface area contributed by atoms with Gasteiger partial charge in [0, 0.05) is 4.43 Å². The van der Waals surface area contributed by atoms with Crippen molar-refractivity contribution in [3.8, 4) is 0 Å². The molecule has 2 rings (SSSR count). The summed E-state index contributed by atoms with van der Waals surface area (Å²) in [6.07, 6.45) is 3.32. The van der Waals surface area contributed by atoms with Crippen LogP contribution in [0.5, 0.6) is 0 Å². The van der Waals surface area contributed by atoms with Crippen LogP contribution in [-0.2, 0) is 4.74 Å². The topological polar surface area (TPSA) is 9.23 Å². The van der Waals surface area contributed by atoms with Crippen LogP contribution in [0.3, 0.4) is 0 Å². The molecule has 1 spiro atoms. The Hall–Kier alpha value is 0.690. The maximum absolute atomic E-state index is 5.64. The average molecular weight is 252 g/mol. The second kappa shape index (κ2) is 2.34. The van der Waals surface area contributed by atoms with Crippen molar-refractivity contribution in [1.82, 2.24) is 0 Å². The van der Waals surface area contributed by atoms with Crippen molar-refractivity contribution >= 4 is 22.6 Å². The van der Waals surface area contributed by atoms with Gasteiger partial charge >= 0.3 is 0 Å². The zero-order chi connectivity index (χ0) is 7.19. The van der Waals surface area contributed by atoms with Crippen molar-refractivity contribution in [1.29, 1.82) is 0 Å². The Bertz CT molecular complexity index is 148. The van der Waals surface area contributed by atoms with Gasteiger partial charge in [0.05, 0.1) is 12.7 Å². The van der Waals surface area contributed by atoms with Crippen LogP contribution in [0.25, 0.3) is 0 Å². The Kier molecular flexibility index (Phi) is 1.72. The first-order chi connectivity index (χ1) is 4.77. The molecule has 0 aromatic heterocycles. The highest BCUT2D eigenvalue weighted by Crippen LogP contribution is 2.59. The van der Waals surface area contributed by atoms with Gasteiger partial charge in [0.25, 0.3) is 0 Å². The summed E-state index contributed by atoms with van der Waals surface area (Å²) in [7, 11) is 0. The van der Waals surface area contributed by atoms with E-state index in [4.69, 9.17) is 4.74 Å². The first-order valence-corrected chi connectivity index (χ1v) is 5.47. The van der Waals surface area contributed by atoms with Crippen LogP contribution in [0.4, 0.5) is 0 Å². The van der Waals surface area contributed by atoms with E-state index >= 15 is 0 Å². The molecule has 2 heteroatoms. The van der Waals surface area contributed by atoms with Gasteiger partial charge in [0.15, 0.2) is 0 Å². The molecule has 1 aliphatic carbocycles. The number of hydrogen-bond donors (Lipinski definition) is 0. The lowest BCUT2D eigenvalue weighted by molar-refractivity contribution is 0.122. The third kappa shape index (κ3) is 0.998. The smallest absolute Gasteiger partial charge is 0.0671 e. The Balaban J connectivity index is 1.95. The minimum absolute atomic E-state index is 0.575. The summed E-state index contributed by atoms with van der Waals surface area (Å²) in [5, 5.41) is 0. The summed E-state index contributed by atoms with van der Waals surface area (Å²) >= 11 is 2.42. The summed E-state index contributed by atoms with van der Waals surface area (Å²) in [5.74, 6) is 0.945. The van der Waals surface area contributed by atoms with Crippen LogP contribution in [-0.4, -0.2) is 17.1 Å². The van der Waals surface area contributed by atoms with Crippen LogP contribution in [0.1, 0.15) is 19.8 Å². The molecule has 0 aromatic carbocycles. The molecule has 58 valence electrons. The quantitative estimate of drug-likeness (QED) is 0.513. The highest BCUT2D eigenvalue weighted by Gasteiger charge is 2.55. The highest BCUT2D eigenvalue weighted by molar-refractivity contribution is 14.1. The Morgan fingerprint density at radius 2 is 2.30 bits per heavy atom. The minimum atomic E-state index is 0.575. The van der Waals surface area contributed by atoms with Gasteiger partial charge in [-0.2, -0.15) is 0 Å². The largest absolute Gasteiger partial charge is 0.377 e. The maximum atomic E-state index is 5.64. The molecule has 10 heavy (non-hydrogen) atoms. The molecule has 1 heterocycles. The Labute approximate surface area is 75.7 Å². The van der Waals surface area contributed by atoms with Gasteiger partial charge in [-0.1, -0.05) is 29.5 Å². The van der Waals surface area contributed by atoms with E-state index in [9.17, 15) is 0 Å². The lowest BCUT2D eigenvalue weighted by atomic mass is 10.0. The molecule has 1 aliphatic heterocycles. The van der Waals surface area contributed by atoms with Crippen LogP contribution in [0.2, 0.25) is 0 Å². The third-order valence-corrected chi connectivity index (χ3v) is 3.99. The Morgan fingerprint density at radius 3 is 2.60 bits per heavy atom. The summed E-state index contributed by atoms with van der Waals surface area (Å²) in [4.78, 5) is 0. The second-order valence-corrected chi connectivity index (χ2v) is 4.64. The molecular formula is C8H13IO. The fourth-order valence-electron chi connectivity index (χ4n) is 1.99. The van der Waals surface area contributed by atoms with Crippen molar-refractivity contribution < 1.29 is 4.74 Å². The van der Waals surface area contributed by atoms with Gasteiger partial charge in [-0.25, -0.2) is 0 Å². The lowest BCUT2D eigenvalue weighted by Crippen LogP contribution is -2.06. The fraction of sp³-hybridized carbons (Fsp3) is 1.00. The molecule has 1 saturated carbocycles. The summed E-state index contributed by atoms with van der Waals surface area (Å²) < 4.78 is 6.82. The van der Waals surface area contributed by atoms with E-state index < -0.39 is 0 Å². The average Bonchev–Trinajstić information content (AvgIpc) is 2.43. The van der Waals surface area contributed by atoms with Crippen LogP contribution >= 0.6 is 22.6 Å². The van der Waals surface area contributed by atoms with Crippen molar-refractivity contribution in [2.24, 2.45) is 11.3 Å². The van der Waals surface area contributed by atoms with Crippen LogP contribution < -0.4 is 0 Å². The van der Waals surface area contributed by atoms with Gasteiger partial charge in [0.2, 0.25) is 0 Å². The van der Waals surface area contributed by atoms with E-state index in [1.165, 1.54) is 17.3 Å². The molecule has 0 radical (unpaired) electrons. The standard InChI is InChI=1S/C8H13IO/c1-6-2-8(6)3-7(4-9)10-5-8/h6-7H,2-5H2,1H3/t6-,7-,8-/m1/s1. The molecule has 0 bridgehead atoms. The number of alkyl halides is 1. The predicted octanol–water partition coefficient (Wildman–Crippen LogP) is 2.24. The minimum Gasteiger partial charge on any atom is -0.377 e. The van der Waals surface area contributed by atoms with E-state index in [2.05, 4.69) is 29.5 Å². The van der Waals surface area contributed by atoms with Crippen LogP contribution in [0.15, 0.2) is 0 Å². The van der Waals surface area contributed by atoms with Gasteiger partial charge < -0.3 is 4.74 Å². The zero-order valence-electron chi connectivity index (χ0n) is 6.27. The first kappa shape index (κ1) is 7.35. The molecule has 2 aliphatic rings. The molecule has 3 atom stereocenters. The highest BCUT2D eigenvalue weighted by atomic mass is 127. The van der Waals surface area contributed by atoms with Crippen LogP contribution in [0, 0.1) is 11.3 Å². The predicted molar refractivity (Wildman–Crippen MR) is 49.5 cm³/mol. The molecule has 2 fully saturated rings. The second-order valence-electron chi connectivity index (χ2n) is 3.76. The summed E-state index contributed by atoms with van der Waals surface area (Å²) in [5.41, 5.74) is 0.649. The molecule has 1 saturated heterocycles. The van der Waals surface area contributed by atoms with Crippen molar-refractivity contribution in [2.45, 2.75) is 25.9 Å². The van der Waals surface area contributed by atoms with Crippen molar-refractivity contribution in [3.05, 3.63) is 0 Å². The SMILES string of the molecule is C[C@@H]1C[C@@]12CO[C@@H](CI)C2. The fourth-order valence-corrected chi connectivity index (χ4v) is 2.56.